The van der Waals surface area contributed by atoms with E-state index in [0.29, 0.717) is 12.5 Å². The third kappa shape index (κ3) is 15.3. The summed E-state index contributed by atoms with van der Waals surface area (Å²) in [7, 11) is 0. The van der Waals surface area contributed by atoms with Gasteiger partial charge in [-0.3, -0.25) is 0 Å². The molecule has 30 heavy (non-hydrogen) atoms. The number of nitrogen functional groups attached to an aromatic ring is 1. The molecule has 174 valence electrons. The van der Waals surface area contributed by atoms with Gasteiger partial charge in [-0.05, 0) is 12.8 Å². The van der Waals surface area contributed by atoms with Gasteiger partial charge < -0.3 is 15.8 Å². The quantitative estimate of drug-likeness (QED) is 0.201. The zero-order chi connectivity index (χ0) is 21.7. The summed E-state index contributed by atoms with van der Waals surface area (Å²) in [4.78, 5) is 8.38. The Labute approximate surface area is 186 Å². The van der Waals surface area contributed by atoms with Gasteiger partial charge in [0.2, 0.25) is 11.8 Å². The lowest BCUT2D eigenvalue weighted by molar-refractivity contribution is 0.298. The minimum Gasteiger partial charge on any atom is -0.477 e. The van der Waals surface area contributed by atoms with Crippen LogP contribution in [0.2, 0.25) is 0 Å². The Morgan fingerprint density at radius 1 is 0.700 bits per heavy atom. The molecule has 5 heteroatoms. The van der Waals surface area contributed by atoms with Crippen LogP contribution in [0.15, 0.2) is 6.07 Å². The first-order chi connectivity index (χ1) is 14.8. The SMILES string of the molecule is CCCCCCCCCCCCCCCCCNc1cc(OCCCC)nc(N)n1. The molecule has 0 unspecified atom stereocenters. The Hall–Kier alpha value is -1.52. The van der Waals surface area contributed by atoms with E-state index in [1.807, 2.05) is 6.07 Å². The Bertz CT molecular complexity index is 510. The first-order valence-electron chi connectivity index (χ1n) is 12.8. The number of hydrogen-bond acceptors (Lipinski definition) is 5. The third-order valence-electron chi connectivity index (χ3n) is 5.55. The molecule has 0 radical (unpaired) electrons. The molecule has 0 atom stereocenters. The van der Waals surface area contributed by atoms with Crippen molar-refractivity contribution in [2.45, 2.75) is 123 Å². The molecule has 0 fully saturated rings. The topological polar surface area (TPSA) is 73.1 Å². The van der Waals surface area contributed by atoms with Gasteiger partial charge in [-0.25, -0.2) is 0 Å². The van der Waals surface area contributed by atoms with E-state index >= 15 is 0 Å². The van der Waals surface area contributed by atoms with Gasteiger partial charge in [0, 0.05) is 12.6 Å². The predicted molar refractivity (Wildman–Crippen MR) is 130 cm³/mol. The van der Waals surface area contributed by atoms with Gasteiger partial charge in [-0.15, -0.1) is 0 Å². The molecule has 0 aliphatic rings. The van der Waals surface area contributed by atoms with Crippen LogP contribution in [0.25, 0.3) is 0 Å². The summed E-state index contributed by atoms with van der Waals surface area (Å²) in [5.41, 5.74) is 5.78. The molecule has 0 amide bonds. The van der Waals surface area contributed by atoms with E-state index in [1.165, 1.54) is 89.9 Å². The number of nitrogens with zero attached hydrogens (tertiary/aromatic N) is 2. The molecular weight excluding hydrogens is 372 g/mol. The molecule has 0 aliphatic heterocycles. The van der Waals surface area contributed by atoms with E-state index in [1.54, 1.807) is 0 Å². The summed E-state index contributed by atoms with van der Waals surface area (Å²) in [6.07, 6.45) is 22.9. The molecule has 3 N–H and O–H groups in total. The third-order valence-corrected chi connectivity index (χ3v) is 5.55. The zero-order valence-corrected chi connectivity index (χ0v) is 19.9. The molecule has 0 saturated heterocycles. The molecule has 0 bridgehead atoms. The summed E-state index contributed by atoms with van der Waals surface area (Å²) in [6.45, 7) is 6.02. The maximum Gasteiger partial charge on any atom is 0.225 e. The highest BCUT2D eigenvalue weighted by molar-refractivity contribution is 5.42. The van der Waals surface area contributed by atoms with Gasteiger partial charge in [0.15, 0.2) is 0 Å². The summed E-state index contributed by atoms with van der Waals surface area (Å²) in [5.74, 6) is 1.59. The van der Waals surface area contributed by atoms with Crippen molar-refractivity contribution >= 4 is 11.8 Å². The fourth-order valence-electron chi connectivity index (χ4n) is 3.64. The molecule has 1 aromatic rings. The average molecular weight is 421 g/mol. The van der Waals surface area contributed by atoms with Crippen LogP contribution in [0.4, 0.5) is 11.8 Å². The van der Waals surface area contributed by atoms with Gasteiger partial charge >= 0.3 is 0 Å². The van der Waals surface area contributed by atoms with Crippen molar-refractivity contribution in [3.8, 4) is 5.88 Å². The standard InChI is InChI=1S/C25H48N4O/c1-3-5-7-8-9-10-11-12-13-14-15-16-17-18-19-20-27-23-22-24(29-25(26)28-23)30-21-6-4-2/h22H,3-21H2,1-2H3,(H3,26,27,28,29). The summed E-state index contributed by atoms with van der Waals surface area (Å²) in [6, 6.07) is 1.84. The Morgan fingerprint density at radius 3 is 1.73 bits per heavy atom. The predicted octanol–water partition coefficient (Wildman–Crippen LogP) is 7.52. The molecule has 1 heterocycles. The van der Waals surface area contributed by atoms with Crippen LogP contribution >= 0.6 is 0 Å². The number of rotatable bonds is 21. The monoisotopic (exact) mass is 420 g/mol. The number of ether oxygens (including phenoxy) is 1. The second kappa shape index (κ2) is 19.4. The lowest BCUT2D eigenvalue weighted by Gasteiger charge is -2.09. The van der Waals surface area contributed by atoms with Crippen LogP contribution in [-0.4, -0.2) is 23.1 Å². The number of aromatic nitrogens is 2. The minimum atomic E-state index is 0.267. The summed E-state index contributed by atoms with van der Waals surface area (Å²) >= 11 is 0. The van der Waals surface area contributed by atoms with Gasteiger partial charge in [0.1, 0.15) is 5.82 Å². The van der Waals surface area contributed by atoms with E-state index in [0.717, 1.165) is 31.6 Å². The Morgan fingerprint density at radius 2 is 1.20 bits per heavy atom. The van der Waals surface area contributed by atoms with Crippen molar-refractivity contribution in [1.29, 1.82) is 0 Å². The second-order valence-corrected chi connectivity index (χ2v) is 8.53. The van der Waals surface area contributed by atoms with Crippen LogP contribution in [0.1, 0.15) is 123 Å². The van der Waals surface area contributed by atoms with Gasteiger partial charge in [-0.1, -0.05) is 110 Å². The first kappa shape index (κ1) is 26.5. The molecule has 1 aromatic heterocycles. The number of nitrogens with one attached hydrogen (secondary N) is 1. The van der Waals surface area contributed by atoms with E-state index in [9.17, 15) is 0 Å². The first-order valence-corrected chi connectivity index (χ1v) is 12.8. The van der Waals surface area contributed by atoms with Crippen molar-refractivity contribution < 1.29 is 4.74 Å². The largest absolute Gasteiger partial charge is 0.477 e. The average Bonchev–Trinajstić information content (AvgIpc) is 2.73. The van der Waals surface area contributed by atoms with Crippen LogP contribution in [0.3, 0.4) is 0 Å². The van der Waals surface area contributed by atoms with Crippen molar-refractivity contribution in [3.63, 3.8) is 0 Å². The molecular formula is C25H48N4O. The number of unbranched alkanes of at least 4 members (excludes halogenated alkanes) is 15. The zero-order valence-electron chi connectivity index (χ0n) is 19.9. The van der Waals surface area contributed by atoms with Crippen LogP contribution in [0, 0.1) is 0 Å². The maximum atomic E-state index is 5.78. The molecule has 0 aromatic carbocycles. The Balaban J connectivity index is 1.92. The van der Waals surface area contributed by atoms with E-state index in [4.69, 9.17) is 10.5 Å². The number of nitrogens with two attached hydrogens (primary N) is 1. The summed E-state index contributed by atoms with van der Waals surface area (Å²) in [5, 5.41) is 3.35. The normalized spacial score (nSPS) is 11.0. The van der Waals surface area contributed by atoms with Crippen molar-refractivity contribution in [2.24, 2.45) is 0 Å². The molecule has 1 rings (SSSR count). The van der Waals surface area contributed by atoms with Crippen molar-refractivity contribution in [1.82, 2.24) is 9.97 Å². The molecule has 0 spiro atoms. The van der Waals surface area contributed by atoms with Crippen molar-refractivity contribution in [3.05, 3.63) is 6.07 Å². The summed E-state index contributed by atoms with van der Waals surface area (Å²) < 4.78 is 5.63. The number of hydrogen-bond donors (Lipinski definition) is 2. The van der Waals surface area contributed by atoms with Gasteiger partial charge in [0.25, 0.3) is 0 Å². The highest BCUT2D eigenvalue weighted by atomic mass is 16.5. The minimum absolute atomic E-state index is 0.267. The van der Waals surface area contributed by atoms with Crippen LogP contribution in [0.5, 0.6) is 5.88 Å². The lowest BCUT2D eigenvalue weighted by Crippen LogP contribution is -2.08. The Kier molecular flexibility index (Phi) is 17.2. The van der Waals surface area contributed by atoms with Crippen LogP contribution < -0.4 is 15.8 Å². The van der Waals surface area contributed by atoms with E-state index < -0.39 is 0 Å². The smallest absolute Gasteiger partial charge is 0.225 e. The highest BCUT2D eigenvalue weighted by Crippen LogP contribution is 2.16. The molecule has 5 nitrogen and oxygen atoms in total. The van der Waals surface area contributed by atoms with Crippen molar-refractivity contribution in [2.75, 3.05) is 24.2 Å². The molecule has 0 saturated carbocycles. The van der Waals surface area contributed by atoms with Gasteiger partial charge in [-0.2, -0.15) is 9.97 Å². The number of anilines is 2. The second-order valence-electron chi connectivity index (χ2n) is 8.53. The maximum absolute atomic E-state index is 5.78. The fraction of sp³-hybridized carbons (Fsp3) is 0.840. The molecule has 0 aliphatic carbocycles. The van der Waals surface area contributed by atoms with E-state index in [-0.39, 0.29) is 5.95 Å². The highest BCUT2D eigenvalue weighted by Gasteiger charge is 2.03. The van der Waals surface area contributed by atoms with Crippen LogP contribution in [-0.2, 0) is 0 Å². The van der Waals surface area contributed by atoms with Gasteiger partial charge in [0.05, 0.1) is 6.61 Å². The fourth-order valence-corrected chi connectivity index (χ4v) is 3.64. The lowest BCUT2D eigenvalue weighted by atomic mass is 10.0. The van der Waals surface area contributed by atoms with E-state index in [2.05, 4.69) is 29.1 Å².